The third kappa shape index (κ3) is 4.49. The van der Waals surface area contributed by atoms with Crippen molar-refractivity contribution in [3.05, 3.63) is 59.3 Å². The smallest absolute Gasteiger partial charge is 0.257 e. The van der Waals surface area contributed by atoms with E-state index >= 15 is 0 Å². The lowest BCUT2D eigenvalue weighted by molar-refractivity contribution is -0.135. The van der Waals surface area contributed by atoms with Crippen molar-refractivity contribution in [1.82, 2.24) is 24.3 Å². The zero-order chi connectivity index (χ0) is 23.5. The van der Waals surface area contributed by atoms with Crippen molar-refractivity contribution in [2.24, 2.45) is 0 Å². The summed E-state index contributed by atoms with van der Waals surface area (Å²) in [6, 6.07) is 10.1. The minimum Gasteiger partial charge on any atom is -0.339 e. The van der Waals surface area contributed by atoms with Crippen LogP contribution in [0.4, 0.5) is 0 Å². The van der Waals surface area contributed by atoms with Crippen LogP contribution in [0.1, 0.15) is 66.7 Å². The van der Waals surface area contributed by atoms with Crippen molar-refractivity contribution < 1.29 is 9.59 Å². The molecule has 0 N–H and O–H groups in total. The number of piperidine rings is 1. The number of rotatable bonds is 6. The number of nitrogens with zero attached hydrogens (tertiary/aromatic N) is 5. The largest absolute Gasteiger partial charge is 0.339 e. The Morgan fingerprint density at radius 1 is 1.12 bits per heavy atom. The minimum atomic E-state index is -0.162. The number of likely N-dealkylation sites (tertiary alicyclic amines) is 1. The standard InChI is InChI=1S/C26H33N5O2/c1-5-29(6-2)26(33)21-16-27-25(28-19(21)4)23-13-9-10-14-30(23)24(32)17-31-18(3)15-20-11-7-8-12-22(20)31/h7-8,11-12,15-16,23H,5-6,9-10,13-14,17H2,1-4H3/t23-/m1/s1. The Hall–Kier alpha value is -3.22. The Morgan fingerprint density at radius 2 is 1.88 bits per heavy atom. The van der Waals surface area contributed by atoms with Gasteiger partial charge in [0.2, 0.25) is 5.91 Å². The number of aryl methyl sites for hydroxylation is 2. The van der Waals surface area contributed by atoms with E-state index in [-0.39, 0.29) is 17.9 Å². The van der Waals surface area contributed by atoms with Crippen LogP contribution in [-0.2, 0) is 11.3 Å². The van der Waals surface area contributed by atoms with E-state index in [9.17, 15) is 9.59 Å². The second-order valence-electron chi connectivity index (χ2n) is 8.73. The lowest BCUT2D eigenvalue weighted by atomic mass is 10.0. The van der Waals surface area contributed by atoms with Crippen molar-refractivity contribution in [3.63, 3.8) is 0 Å². The van der Waals surface area contributed by atoms with E-state index in [1.807, 2.05) is 44.7 Å². The van der Waals surface area contributed by atoms with Gasteiger partial charge in [0.05, 0.1) is 17.3 Å². The fraction of sp³-hybridized carbons (Fsp3) is 0.462. The monoisotopic (exact) mass is 447 g/mol. The van der Waals surface area contributed by atoms with E-state index in [4.69, 9.17) is 4.98 Å². The molecule has 0 spiro atoms. The molecule has 1 saturated heterocycles. The van der Waals surface area contributed by atoms with Gasteiger partial charge in [-0.15, -0.1) is 0 Å². The van der Waals surface area contributed by atoms with Crippen molar-refractivity contribution >= 4 is 22.7 Å². The van der Waals surface area contributed by atoms with Gasteiger partial charge in [0, 0.05) is 37.0 Å². The quantitative estimate of drug-likeness (QED) is 0.565. The summed E-state index contributed by atoms with van der Waals surface area (Å²) in [7, 11) is 0. The van der Waals surface area contributed by atoms with Crippen molar-refractivity contribution in [2.75, 3.05) is 19.6 Å². The lowest BCUT2D eigenvalue weighted by Gasteiger charge is -2.35. The average Bonchev–Trinajstić information content (AvgIpc) is 3.14. The van der Waals surface area contributed by atoms with Crippen LogP contribution in [0, 0.1) is 13.8 Å². The van der Waals surface area contributed by atoms with Crippen LogP contribution >= 0.6 is 0 Å². The predicted octanol–water partition coefficient (Wildman–Crippen LogP) is 4.28. The summed E-state index contributed by atoms with van der Waals surface area (Å²) in [4.78, 5) is 39.2. The van der Waals surface area contributed by atoms with Crippen LogP contribution in [0.15, 0.2) is 36.5 Å². The molecule has 0 saturated carbocycles. The maximum Gasteiger partial charge on any atom is 0.257 e. The molecule has 0 radical (unpaired) electrons. The Balaban J connectivity index is 1.58. The van der Waals surface area contributed by atoms with E-state index in [0.717, 1.165) is 35.9 Å². The number of carbonyl (C=O) groups excluding carboxylic acids is 2. The molecular formula is C26H33N5O2. The first-order valence-corrected chi connectivity index (χ1v) is 11.9. The van der Waals surface area contributed by atoms with Crippen molar-refractivity contribution in [2.45, 2.75) is 59.5 Å². The molecule has 2 aromatic heterocycles. The van der Waals surface area contributed by atoms with Gasteiger partial charge in [-0.25, -0.2) is 9.97 Å². The number of para-hydroxylation sites is 1. The number of aromatic nitrogens is 3. The molecule has 0 bridgehead atoms. The molecule has 0 unspecified atom stereocenters. The summed E-state index contributed by atoms with van der Waals surface area (Å²) in [6.45, 7) is 10.1. The third-order valence-electron chi connectivity index (χ3n) is 6.71. The van der Waals surface area contributed by atoms with E-state index in [0.29, 0.717) is 43.3 Å². The highest BCUT2D eigenvalue weighted by atomic mass is 16.2. The van der Waals surface area contributed by atoms with E-state index in [1.54, 1.807) is 11.1 Å². The first kappa shape index (κ1) is 23.0. The summed E-state index contributed by atoms with van der Waals surface area (Å²) in [5.74, 6) is 0.662. The van der Waals surface area contributed by atoms with Crippen LogP contribution < -0.4 is 0 Å². The van der Waals surface area contributed by atoms with Crippen LogP contribution in [0.2, 0.25) is 0 Å². The van der Waals surface area contributed by atoms with Gasteiger partial charge in [0.15, 0.2) is 5.82 Å². The topological polar surface area (TPSA) is 71.3 Å². The van der Waals surface area contributed by atoms with Gasteiger partial charge in [-0.05, 0) is 64.5 Å². The molecule has 7 nitrogen and oxygen atoms in total. The number of carbonyl (C=O) groups is 2. The summed E-state index contributed by atoms with van der Waals surface area (Å²) < 4.78 is 2.08. The van der Waals surface area contributed by atoms with Gasteiger partial charge in [-0.3, -0.25) is 9.59 Å². The molecule has 33 heavy (non-hydrogen) atoms. The van der Waals surface area contributed by atoms with Crippen molar-refractivity contribution in [3.8, 4) is 0 Å². The molecule has 1 aromatic carbocycles. The van der Waals surface area contributed by atoms with E-state index in [1.165, 1.54) is 0 Å². The van der Waals surface area contributed by atoms with Crippen molar-refractivity contribution in [1.29, 1.82) is 0 Å². The van der Waals surface area contributed by atoms with E-state index in [2.05, 4.69) is 27.8 Å². The van der Waals surface area contributed by atoms with Crippen LogP contribution in [0.25, 0.3) is 10.9 Å². The molecule has 3 heterocycles. The van der Waals surface area contributed by atoms with Gasteiger partial charge in [-0.1, -0.05) is 18.2 Å². The first-order chi connectivity index (χ1) is 15.9. The van der Waals surface area contributed by atoms with Gasteiger partial charge in [0.25, 0.3) is 5.91 Å². The highest BCUT2D eigenvalue weighted by molar-refractivity contribution is 5.94. The average molecular weight is 448 g/mol. The Bertz CT molecular complexity index is 1160. The molecule has 1 aliphatic heterocycles. The molecule has 174 valence electrons. The minimum absolute atomic E-state index is 0.0458. The highest BCUT2D eigenvalue weighted by Gasteiger charge is 2.31. The molecule has 3 aromatic rings. The molecule has 4 rings (SSSR count). The predicted molar refractivity (Wildman–Crippen MR) is 129 cm³/mol. The maximum absolute atomic E-state index is 13.5. The molecule has 7 heteroatoms. The van der Waals surface area contributed by atoms with Crippen LogP contribution in [0.3, 0.4) is 0 Å². The summed E-state index contributed by atoms with van der Waals surface area (Å²) in [5.41, 5.74) is 3.35. The zero-order valence-corrected chi connectivity index (χ0v) is 20.0. The number of benzene rings is 1. The molecular weight excluding hydrogens is 414 g/mol. The van der Waals surface area contributed by atoms with Gasteiger partial charge >= 0.3 is 0 Å². The second kappa shape index (κ2) is 9.73. The SMILES string of the molecule is CCN(CC)C(=O)c1cnc([C@H]2CCCCN2C(=O)Cn2c(C)cc3ccccc32)nc1C. The Kier molecular flexibility index (Phi) is 6.77. The summed E-state index contributed by atoms with van der Waals surface area (Å²) in [6.07, 6.45) is 4.48. The fourth-order valence-electron chi connectivity index (χ4n) is 4.82. The number of hydrogen-bond donors (Lipinski definition) is 0. The van der Waals surface area contributed by atoms with Crippen LogP contribution in [0.5, 0.6) is 0 Å². The Labute approximate surface area is 195 Å². The van der Waals surface area contributed by atoms with Gasteiger partial charge < -0.3 is 14.4 Å². The summed E-state index contributed by atoms with van der Waals surface area (Å²) >= 11 is 0. The second-order valence-corrected chi connectivity index (χ2v) is 8.73. The molecule has 0 aliphatic carbocycles. The Morgan fingerprint density at radius 3 is 2.61 bits per heavy atom. The lowest BCUT2D eigenvalue weighted by Crippen LogP contribution is -2.41. The number of fused-ring (bicyclic) bond motifs is 1. The molecule has 1 atom stereocenters. The fourth-order valence-corrected chi connectivity index (χ4v) is 4.82. The maximum atomic E-state index is 13.5. The number of amides is 2. The zero-order valence-electron chi connectivity index (χ0n) is 20.0. The van der Waals surface area contributed by atoms with Crippen LogP contribution in [-0.4, -0.2) is 55.8 Å². The summed E-state index contributed by atoms with van der Waals surface area (Å²) in [5, 5.41) is 1.14. The first-order valence-electron chi connectivity index (χ1n) is 11.9. The van der Waals surface area contributed by atoms with E-state index < -0.39 is 0 Å². The van der Waals surface area contributed by atoms with Gasteiger partial charge in [0.1, 0.15) is 6.54 Å². The molecule has 2 amide bonds. The molecule has 1 fully saturated rings. The third-order valence-corrected chi connectivity index (χ3v) is 6.71. The van der Waals surface area contributed by atoms with Gasteiger partial charge in [-0.2, -0.15) is 0 Å². The number of hydrogen-bond acceptors (Lipinski definition) is 4. The highest BCUT2D eigenvalue weighted by Crippen LogP contribution is 2.30. The normalized spacial score (nSPS) is 16.2. The molecule has 1 aliphatic rings.